The fourth-order valence-corrected chi connectivity index (χ4v) is 4.63. The van der Waals surface area contributed by atoms with Gasteiger partial charge in [0.05, 0.1) is 5.69 Å². The number of benzene rings is 2. The molecule has 176 valence electrons. The van der Waals surface area contributed by atoms with Gasteiger partial charge in [-0.15, -0.1) is 0 Å². The van der Waals surface area contributed by atoms with Crippen molar-refractivity contribution >= 4 is 11.6 Å². The van der Waals surface area contributed by atoms with Crippen molar-refractivity contribution < 1.29 is 9.47 Å². The van der Waals surface area contributed by atoms with Gasteiger partial charge in [0.15, 0.2) is 16.7 Å². The summed E-state index contributed by atoms with van der Waals surface area (Å²) in [5.41, 5.74) is 3.40. The third kappa shape index (κ3) is 5.36. The average molecular weight is 468 g/mol. The van der Waals surface area contributed by atoms with Gasteiger partial charge >= 0.3 is 0 Å². The van der Waals surface area contributed by atoms with Gasteiger partial charge in [0, 0.05) is 24.7 Å². The fraction of sp³-hybridized carbons (Fsp3) is 0.444. The van der Waals surface area contributed by atoms with Crippen LogP contribution in [0, 0.1) is 0 Å². The van der Waals surface area contributed by atoms with E-state index in [1.54, 1.807) is 0 Å². The highest BCUT2D eigenvalue weighted by atomic mass is 35.5. The topological polar surface area (TPSA) is 39.5 Å². The number of hydrogen-bond donors (Lipinski definition) is 0. The third-order valence-corrected chi connectivity index (χ3v) is 6.55. The molecule has 1 aliphatic rings. The molecule has 0 fully saturated rings. The zero-order valence-electron chi connectivity index (χ0n) is 19.9. The smallest absolute Gasteiger partial charge is 0.161 e. The van der Waals surface area contributed by atoms with Gasteiger partial charge in [-0.05, 0) is 44.0 Å². The van der Waals surface area contributed by atoms with Crippen LogP contribution in [0.15, 0.2) is 48.5 Å². The Labute approximate surface area is 202 Å². The number of imidazole rings is 1. The monoisotopic (exact) mass is 467 g/mol. The van der Waals surface area contributed by atoms with Gasteiger partial charge in [-0.2, -0.15) is 0 Å². The Balaban J connectivity index is 1.65. The summed E-state index contributed by atoms with van der Waals surface area (Å²) in [7, 11) is 0. The number of halogens is 1. The molecule has 2 aromatic carbocycles. The number of nitrogens with zero attached hydrogens (tertiary/aromatic N) is 3. The lowest BCUT2D eigenvalue weighted by Crippen LogP contribution is -2.29. The Morgan fingerprint density at radius 1 is 1.03 bits per heavy atom. The van der Waals surface area contributed by atoms with E-state index in [9.17, 15) is 0 Å². The van der Waals surface area contributed by atoms with E-state index in [2.05, 4.69) is 66.6 Å². The molecule has 0 bridgehead atoms. The van der Waals surface area contributed by atoms with Crippen molar-refractivity contribution in [3.8, 4) is 22.9 Å². The molecule has 2 heterocycles. The average Bonchev–Trinajstić information content (AvgIpc) is 3.17. The van der Waals surface area contributed by atoms with Crippen molar-refractivity contribution in [3.05, 3.63) is 64.9 Å². The largest absolute Gasteiger partial charge is 0.486 e. The summed E-state index contributed by atoms with van der Waals surface area (Å²) in [5.74, 6) is 2.61. The summed E-state index contributed by atoms with van der Waals surface area (Å²) in [5, 5.41) is 0.598. The van der Waals surface area contributed by atoms with Gasteiger partial charge in [-0.3, -0.25) is 4.90 Å². The summed E-state index contributed by atoms with van der Waals surface area (Å²) in [6.07, 6.45) is 3.27. The van der Waals surface area contributed by atoms with Crippen molar-refractivity contribution in [2.45, 2.75) is 59.2 Å². The second-order valence-corrected chi connectivity index (χ2v) is 8.95. The van der Waals surface area contributed by atoms with E-state index >= 15 is 0 Å². The second kappa shape index (κ2) is 11.1. The van der Waals surface area contributed by atoms with Crippen molar-refractivity contribution in [2.24, 2.45) is 0 Å². The molecule has 1 atom stereocenters. The maximum absolute atomic E-state index is 6.77. The molecule has 0 saturated heterocycles. The first-order valence-electron chi connectivity index (χ1n) is 12.1. The number of fused-ring (bicyclic) bond motifs is 1. The van der Waals surface area contributed by atoms with Gasteiger partial charge in [0.25, 0.3) is 0 Å². The molecule has 0 N–H and O–H groups in total. The van der Waals surface area contributed by atoms with E-state index in [0.29, 0.717) is 18.4 Å². The molecule has 0 radical (unpaired) electrons. The molecule has 0 aliphatic carbocycles. The van der Waals surface area contributed by atoms with Crippen LogP contribution >= 0.6 is 11.6 Å². The lowest BCUT2D eigenvalue weighted by Gasteiger charge is -2.30. The first-order chi connectivity index (χ1) is 16.1. The highest BCUT2D eigenvalue weighted by Crippen LogP contribution is 2.35. The van der Waals surface area contributed by atoms with Crippen LogP contribution in [0.4, 0.5) is 0 Å². The molecule has 33 heavy (non-hydrogen) atoms. The molecule has 0 amide bonds. The Hall–Kier alpha value is -2.50. The van der Waals surface area contributed by atoms with Crippen LogP contribution < -0.4 is 9.47 Å². The lowest BCUT2D eigenvalue weighted by molar-refractivity contribution is 0.169. The second-order valence-electron chi connectivity index (χ2n) is 8.59. The van der Waals surface area contributed by atoms with Crippen molar-refractivity contribution in [2.75, 3.05) is 19.8 Å². The van der Waals surface area contributed by atoms with E-state index in [4.69, 9.17) is 26.1 Å². The van der Waals surface area contributed by atoms with E-state index in [1.165, 1.54) is 5.56 Å². The van der Waals surface area contributed by atoms with Crippen molar-refractivity contribution in [1.82, 2.24) is 14.5 Å². The fourth-order valence-electron chi connectivity index (χ4n) is 4.39. The predicted molar refractivity (Wildman–Crippen MR) is 134 cm³/mol. The van der Waals surface area contributed by atoms with Crippen molar-refractivity contribution in [1.29, 1.82) is 0 Å². The molecule has 0 saturated carbocycles. The van der Waals surface area contributed by atoms with Gasteiger partial charge in [0.2, 0.25) is 0 Å². The van der Waals surface area contributed by atoms with E-state index in [-0.39, 0.29) is 6.04 Å². The quantitative estimate of drug-likeness (QED) is 0.330. The molecule has 6 heteroatoms. The predicted octanol–water partition coefficient (Wildman–Crippen LogP) is 6.75. The number of aromatic nitrogens is 2. The lowest BCUT2D eigenvalue weighted by atomic mass is 10.1. The van der Waals surface area contributed by atoms with Crippen LogP contribution in [0.25, 0.3) is 11.4 Å². The molecule has 3 aromatic rings. The molecular formula is C27H34ClN3O2. The molecule has 5 nitrogen and oxygen atoms in total. The Kier molecular flexibility index (Phi) is 7.94. The first-order valence-corrected chi connectivity index (χ1v) is 12.4. The van der Waals surface area contributed by atoms with Gasteiger partial charge in [-0.25, -0.2) is 4.98 Å². The number of ether oxygens (including phenoxy) is 2. The molecule has 1 aliphatic heterocycles. The summed E-state index contributed by atoms with van der Waals surface area (Å²) >= 11 is 6.77. The Bertz CT molecular complexity index is 1050. The van der Waals surface area contributed by atoms with Gasteiger partial charge in [-0.1, -0.05) is 68.3 Å². The van der Waals surface area contributed by atoms with E-state index < -0.39 is 0 Å². The van der Waals surface area contributed by atoms with Crippen molar-refractivity contribution in [3.63, 3.8) is 0 Å². The summed E-state index contributed by atoms with van der Waals surface area (Å²) in [6.45, 7) is 10.5. The first kappa shape index (κ1) is 23.7. The normalized spacial score (nSPS) is 14.0. The van der Waals surface area contributed by atoms with Gasteiger partial charge < -0.3 is 14.0 Å². The Morgan fingerprint density at radius 3 is 2.52 bits per heavy atom. The molecule has 0 spiro atoms. The minimum absolute atomic E-state index is 0.201. The zero-order valence-corrected chi connectivity index (χ0v) is 20.6. The third-order valence-electron chi connectivity index (χ3n) is 6.25. The van der Waals surface area contributed by atoms with Gasteiger partial charge in [0.1, 0.15) is 19.0 Å². The summed E-state index contributed by atoms with van der Waals surface area (Å²) < 4.78 is 13.9. The summed E-state index contributed by atoms with van der Waals surface area (Å²) in [4.78, 5) is 7.28. The number of hydrogen-bond acceptors (Lipinski definition) is 4. The maximum Gasteiger partial charge on any atom is 0.161 e. The zero-order chi connectivity index (χ0) is 23.2. The standard InChI is InChI=1S/C27H34ClN3O2/c1-4-6-15-31-23(26(28)29-27(31)21-10-8-7-9-11-21)19-30(14-5-2)20(3)22-12-13-24-25(18-22)33-17-16-32-24/h7-13,18,20H,4-6,14-17,19H2,1-3H3. The molecule has 1 aromatic heterocycles. The maximum atomic E-state index is 6.77. The van der Waals surface area contributed by atoms with Crippen LogP contribution in [0.3, 0.4) is 0 Å². The summed E-state index contributed by atoms with van der Waals surface area (Å²) in [6, 6.07) is 16.8. The minimum atomic E-state index is 0.201. The highest BCUT2D eigenvalue weighted by molar-refractivity contribution is 6.30. The van der Waals surface area contributed by atoms with Crippen LogP contribution in [0.1, 0.15) is 57.3 Å². The molecule has 1 unspecified atom stereocenters. The Morgan fingerprint density at radius 2 is 1.79 bits per heavy atom. The molecular weight excluding hydrogens is 434 g/mol. The highest BCUT2D eigenvalue weighted by Gasteiger charge is 2.24. The van der Waals surface area contributed by atoms with Crippen LogP contribution in [-0.4, -0.2) is 34.2 Å². The molecule has 4 rings (SSSR count). The minimum Gasteiger partial charge on any atom is -0.486 e. The van der Waals surface area contributed by atoms with E-state index in [1.807, 2.05) is 12.1 Å². The van der Waals surface area contributed by atoms with Crippen LogP contribution in [-0.2, 0) is 13.1 Å². The SMILES string of the molecule is CCCCn1c(-c2ccccc2)nc(Cl)c1CN(CCC)C(C)c1ccc2c(c1)OCCO2. The van der Waals surface area contributed by atoms with Crippen LogP contribution in [0.2, 0.25) is 5.15 Å². The number of unbranched alkanes of at least 4 members (excludes halogenated alkanes) is 1. The van der Waals surface area contributed by atoms with E-state index in [0.717, 1.165) is 67.5 Å². The van der Waals surface area contributed by atoms with Crippen LogP contribution in [0.5, 0.6) is 11.5 Å². The number of rotatable bonds is 10.